The molecule has 1 unspecified atom stereocenters. The topological polar surface area (TPSA) is 45.5 Å². The summed E-state index contributed by atoms with van der Waals surface area (Å²) in [5.41, 5.74) is 2.73. The van der Waals surface area contributed by atoms with Crippen molar-refractivity contribution >= 4 is 5.96 Å². The summed E-state index contributed by atoms with van der Waals surface area (Å²) < 4.78 is 1.89. The first-order valence-corrected chi connectivity index (χ1v) is 9.32. The molecule has 0 aliphatic carbocycles. The lowest BCUT2D eigenvalue weighted by molar-refractivity contribution is 0.485. The summed E-state index contributed by atoms with van der Waals surface area (Å²) in [4.78, 5) is 7.25. The number of nitrogens with zero attached hydrogens (tertiary/aromatic N) is 4. The van der Waals surface area contributed by atoms with Gasteiger partial charge in [-0.05, 0) is 37.3 Å². The average molecular weight is 339 g/mol. The van der Waals surface area contributed by atoms with Crippen molar-refractivity contribution in [3.63, 3.8) is 0 Å². The van der Waals surface area contributed by atoms with Crippen molar-refractivity contribution in [1.82, 2.24) is 20.0 Å². The van der Waals surface area contributed by atoms with E-state index < -0.39 is 0 Å². The molecule has 1 aromatic heterocycles. The molecule has 1 fully saturated rings. The van der Waals surface area contributed by atoms with Crippen LogP contribution in [0.4, 0.5) is 0 Å². The van der Waals surface area contributed by atoms with Crippen LogP contribution in [0.1, 0.15) is 36.8 Å². The molecule has 0 saturated carbocycles. The van der Waals surface area contributed by atoms with Crippen LogP contribution >= 0.6 is 0 Å². The van der Waals surface area contributed by atoms with Crippen molar-refractivity contribution in [2.24, 2.45) is 12.0 Å². The van der Waals surface area contributed by atoms with Gasteiger partial charge in [-0.2, -0.15) is 5.10 Å². The number of benzene rings is 1. The van der Waals surface area contributed by atoms with Crippen molar-refractivity contribution in [2.45, 2.75) is 32.1 Å². The molecule has 25 heavy (non-hydrogen) atoms. The molecule has 1 atom stereocenters. The Labute approximate surface area is 150 Å². The Kier molecular flexibility index (Phi) is 6.09. The van der Waals surface area contributed by atoms with Crippen molar-refractivity contribution in [3.05, 3.63) is 53.9 Å². The summed E-state index contributed by atoms with van der Waals surface area (Å²) in [7, 11) is 1.98. The van der Waals surface area contributed by atoms with Gasteiger partial charge < -0.3 is 10.2 Å². The second kappa shape index (κ2) is 8.70. The Bertz CT molecular complexity index is 676. The van der Waals surface area contributed by atoms with Gasteiger partial charge in [0.05, 0.1) is 6.20 Å². The molecule has 2 heterocycles. The van der Waals surface area contributed by atoms with Crippen molar-refractivity contribution < 1.29 is 0 Å². The number of hydrogen-bond donors (Lipinski definition) is 1. The van der Waals surface area contributed by atoms with E-state index in [1.54, 1.807) is 0 Å². The van der Waals surface area contributed by atoms with Crippen LogP contribution in [0, 0.1) is 0 Å². The third kappa shape index (κ3) is 4.84. The molecule has 1 N–H and O–H groups in total. The van der Waals surface area contributed by atoms with Gasteiger partial charge in [-0.1, -0.05) is 30.3 Å². The summed E-state index contributed by atoms with van der Waals surface area (Å²) in [6.07, 6.45) is 7.47. The molecule has 1 aromatic carbocycles. The monoisotopic (exact) mass is 339 g/mol. The lowest BCUT2D eigenvalue weighted by Gasteiger charge is -2.21. The first-order valence-electron chi connectivity index (χ1n) is 9.32. The largest absolute Gasteiger partial charge is 0.357 e. The Morgan fingerprint density at radius 3 is 2.88 bits per heavy atom. The average Bonchev–Trinajstić information content (AvgIpc) is 3.27. The summed E-state index contributed by atoms with van der Waals surface area (Å²) in [6, 6.07) is 10.6. The first kappa shape index (κ1) is 17.5. The van der Waals surface area contributed by atoms with Crippen molar-refractivity contribution in [3.8, 4) is 0 Å². The zero-order valence-electron chi connectivity index (χ0n) is 15.4. The Hall–Kier alpha value is -2.30. The van der Waals surface area contributed by atoms with Crippen LogP contribution in [0.3, 0.4) is 0 Å². The molecule has 134 valence electrons. The van der Waals surface area contributed by atoms with Crippen LogP contribution in [-0.2, 0) is 13.5 Å². The van der Waals surface area contributed by atoms with E-state index in [1.165, 1.54) is 17.5 Å². The van der Waals surface area contributed by atoms with Gasteiger partial charge in [0.25, 0.3) is 0 Å². The highest BCUT2D eigenvalue weighted by atomic mass is 15.3. The summed E-state index contributed by atoms with van der Waals surface area (Å²) in [6.45, 7) is 5.99. The molecule has 5 heteroatoms. The fourth-order valence-corrected chi connectivity index (χ4v) is 3.41. The summed E-state index contributed by atoms with van der Waals surface area (Å²) in [5, 5.41) is 7.76. The van der Waals surface area contributed by atoms with E-state index in [9.17, 15) is 0 Å². The molecule has 0 radical (unpaired) electrons. The van der Waals surface area contributed by atoms with E-state index in [1.807, 2.05) is 17.9 Å². The van der Waals surface area contributed by atoms with Gasteiger partial charge in [0.15, 0.2) is 5.96 Å². The highest BCUT2D eigenvalue weighted by molar-refractivity contribution is 5.80. The first-order chi connectivity index (χ1) is 12.3. The number of aliphatic imine (C=N–C) groups is 1. The van der Waals surface area contributed by atoms with Crippen molar-refractivity contribution in [2.75, 3.05) is 26.2 Å². The van der Waals surface area contributed by atoms with Crippen LogP contribution < -0.4 is 5.32 Å². The molecule has 1 aliphatic rings. The van der Waals surface area contributed by atoms with E-state index in [0.717, 1.165) is 45.0 Å². The van der Waals surface area contributed by atoms with E-state index in [-0.39, 0.29) is 0 Å². The maximum atomic E-state index is 4.85. The van der Waals surface area contributed by atoms with E-state index in [2.05, 4.69) is 58.8 Å². The SMILES string of the molecule is CCNC(=NCCCc1ccccc1)N1CCC(c2cnn(C)c2)C1. The fourth-order valence-electron chi connectivity index (χ4n) is 3.41. The quantitative estimate of drug-likeness (QED) is 0.500. The van der Waals surface area contributed by atoms with Crippen molar-refractivity contribution in [1.29, 1.82) is 0 Å². The predicted octanol–water partition coefficient (Wildman–Crippen LogP) is 2.81. The molecule has 5 nitrogen and oxygen atoms in total. The predicted molar refractivity (Wildman–Crippen MR) is 103 cm³/mol. The molecule has 1 aliphatic heterocycles. The lowest BCUT2D eigenvalue weighted by atomic mass is 10.0. The third-order valence-corrected chi connectivity index (χ3v) is 4.75. The maximum Gasteiger partial charge on any atom is 0.193 e. The molecule has 2 aromatic rings. The molecular formula is C20H29N5. The molecule has 0 spiro atoms. The molecular weight excluding hydrogens is 310 g/mol. The number of likely N-dealkylation sites (tertiary alicyclic amines) is 1. The maximum absolute atomic E-state index is 4.85. The smallest absolute Gasteiger partial charge is 0.193 e. The third-order valence-electron chi connectivity index (χ3n) is 4.75. The van der Waals surface area contributed by atoms with Crippen LogP contribution in [0.15, 0.2) is 47.7 Å². The highest BCUT2D eigenvalue weighted by Gasteiger charge is 2.26. The fraction of sp³-hybridized carbons (Fsp3) is 0.500. The van der Waals surface area contributed by atoms with Crippen LogP contribution in [-0.4, -0.2) is 46.8 Å². The zero-order chi connectivity index (χ0) is 17.5. The lowest BCUT2D eigenvalue weighted by Crippen LogP contribution is -2.40. The minimum Gasteiger partial charge on any atom is -0.357 e. The summed E-state index contributed by atoms with van der Waals surface area (Å²) >= 11 is 0. The number of aromatic nitrogens is 2. The zero-order valence-corrected chi connectivity index (χ0v) is 15.4. The molecule has 1 saturated heterocycles. The van der Waals surface area contributed by atoms with Gasteiger partial charge in [0, 0.05) is 45.3 Å². The van der Waals surface area contributed by atoms with Gasteiger partial charge in [-0.25, -0.2) is 0 Å². The van der Waals surface area contributed by atoms with Gasteiger partial charge in [0.1, 0.15) is 0 Å². The minimum atomic E-state index is 0.557. The Morgan fingerprint density at radius 1 is 1.32 bits per heavy atom. The van der Waals surface area contributed by atoms with E-state index in [4.69, 9.17) is 4.99 Å². The van der Waals surface area contributed by atoms with Gasteiger partial charge in [-0.3, -0.25) is 9.67 Å². The van der Waals surface area contributed by atoms with Crippen LogP contribution in [0.5, 0.6) is 0 Å². The number of hydrogen-bond acceptors (Lipinski definition) is 2. The minimum absolute atomic E-state index is 0.557. The van der Waals surface area contributed by atoms with Crippen LogP contribution in [0.2, 0.25) is 0 Å². The Balaban J connectivity index is 1.53. The standard InChI is InChI=1S/C20H29N5/c1-3-21-20(22-12-7-10-17-8-5-4-6-9-17)25-13-11-18(16-25)19-14-23-24(2)15-19/h4-6,8-9,14-15,18H,3,7,10-13,16H2,1-2H3,(H,21,22). The van der Waals surface area contributed by atoms with E-state index in [0.29, 0.717) is 5.92 Å². The molecule has 3 rings (SSSR count). The van der Waals surface area contributed by atoms with Gasteiger partial charge in [0.2, 0.25) is 0 Å². The van der Waals surface area contributed by atoms with Gasteiger partial charge in [-0.15, -0.1) is 0 Å². The highest BCUT2D eigenvalue weighted by Crippen LogP contribution is 2.26. The number of aryl methyl sites for hydroxylation is 2. The van der Waals surface area contributed by atoms with Crippen LogP contribution in [0.25, 0.3) is 0 Å². The number of guanidine groups is 1. The van der Waals surface area contributed by atoms with E-state index >= 15 is 0 Å². The number of rotatable bonds is 6. The summed E-state index contributed by atoms with van der Waals surface area (Å²) in [5.74, 6) is 1.61. The normalized spacial score (nSPS) is 17.9. The Morgan fingerprint density at radius 2 is 2.16 bits per heavy atom. The number of nitrogens with one attached hydrogen (secondary N) is 1. The molecule has 0 bridgehead atoms. The molecule has 0 amide bonds. The second-order valence-electron chi connectivity index (χ2n) is 6.70. The second-order valence-corrected chi connectivity index (χ2v) is 6.70. The van der Waals surface area contributed by atoms with Gasteiger partial charge >= 0.3 is 0 Å².